The number of furan rings is 1. The van der Waals surface area contributed by atoms with Gasteiger partial charge in [0.25, 0.3) is 0 Å². The lowest BCUT2D eigenvalue weighted by Crippen LogP contribution is -2.36. The molecule has 1 aromatic carbocycles. The normalized spacial score (nSPS) is 15.0. The Balaban J connectivity index is 1.53. The largest absolute Gasteiger partial charge is 0.465 e. The molecule has 0 unspecified atom stereocenters. The Morgan fingerprint density at radius 2 is 1.96 bits per heavy atom. The van der Waals surface area contributed by atoms with E-state index in [-0.39, 0.29) is 11.9 Å². The summed E-state index contributed by atoms with van der Waals surface area (Å²) in [7, 11) is 1.93. The van der Waals surface area contributed by atoms with Gasteiger partial charge in [-0.3, -0.25) is 9.69 Å². The number of carbonyl (C=O) groups excluding carboxylic acids is 1. The molecule has 0 saturated carbocycles. The van der Waals surface area contributed by atoms with Crippen LogP contribution in [0.25, 0.3) is 0 Å². The van der Waals surface area contributed by atoms with Crippen LogP contribution in [0.3, 0.4) is 0 Å². The maximum Gasteiger partial charge on any atom is 0.234 e. The van der Waals surface area contributed by atoms with Gasteiger partial charge in [0.15, 0.2) is 0 Å². The van der Waals surface area contributed by atoms with Crippen molar-refractivity contribution in [2.45, 2.75) is 52.1 Å². The second-order valence-electron chi connectivity index (χ2n) is 7.21. The quantitative estimate of drug-likeness (QED) is 0.870. The molecule has 1 heterocycles. The molecule has 0 saturated heterocycles. The van der Waals surface area contributed by atoms with E-state index in [9.17, 15) is 4.79 Å². The fourth-order valence-corrected chi connectivity index (χ4v) is 3.53. The van der Waals surface area contributed by atoms with E-state index in [1.807, 2.05) is 31.0 Å². The minimum atomic E-state index is 0.0268. The molecule has 2 aromatic rings. The molecule has 134 valence electrons. The number of aryl methyl sites for hydroxylation is 3. The first-order chi connectivity index (χ1) is 12.0. The minimum absolute atomic E-state index is 0.0268. The first-order valence-electron chi connectivity index (χ1n) is 9.16. The van der Waals surface area contributed by atoms with Crippen LogP contribution in [0.4, 0.5) is 0 Å². The second-order valence-corrected chi connectivity index (χ2v) is 7.21. The minimum Gasteiger partial charge on any atom is -0.465 e. The van der Waals surface area contributed by atoms with Gasteiger partial charge in [0.2, 0.25) is 5.91 Å². The first kappa shape index (κ1) is 17.7. The maximum atomic E-state index is 12.3. The summed E-state index contributed by atoms with van der Waals surface area (Å²) in [5, 5.41) is 3.11. The van der Waals surface area contributed by atoms with Crippen LogP contribution in [0.5, 0.6) is 0 Å². The predicted octanol–water partition coefficient (Wildman–Crippen LogP) is 3.78. The van der Waals surface area contributed by atoms with Crippen molar-refractivity contribution in [1.82, 2.24) is 10.2 Å². The van der Waals surface area contributed by atoms with Gasteiger partial charge < -0.3 is 9.73 Å². The molecule has 1 aromatic heterocycles. The summed E-state index contributed by atoms with van der Waals surface area (Å²) in [5.74, 6) is 1.82. The Kier molecular flexibility index (Phi) is 5.59. The van der Waals surface area contributed by atoms with E-state index in [0.717, 1.165) is 17.9 Å². The van der Waals surface area contributed by atoms with E-state index >= 15 is 0 Å². The van der Waals surface area contributed by atoms with Gasteiger partial charge in [-0.1, -0.05) is 18.2 Å². The molecule has 0 aliphatic heterocycles. The van der Waals surface area contributed by atoms with Crippen molar-refractivity contribution in [1.29, 1.82) is 0 Å². The lowest BCUT2D eigenvalue weighted by molar-refractivity contribution is -0.122. The zero-order chi connectivity index (χ0) is 17.8. The average molecular weight is 340 g/mol. The third-order valence-electron chi connectivity index (χ3n) is 4.89. The Morgan fingerprint density at radius 3 is 2.68 bits per heavy atom. The van der Waals surface area contributed by atoms with E-state index in [0.29, 0.717) is 13.1 Å². The maximum absolute atomic E-state index is 12.3. The molecule has 3 rings (SSSR count). The number of nitrogens with one attached hydrogen (secondary N) is 1. The Morgan fingerprint density at radius 1 is 1.20 bits per heavy atom. The van der Waals surface area contributed by atoms with Crippen molar-refractivity contribution in [3.8, 4) is 0 Å². The topological polar surface area (TPSA) is 45.5 Å². The van der Waals surface area contributed by atoms with Gasteiger partial charge in [-0.15, -0.1) is 0 Å². The van der Waals surface area contributed by atoms with Crippen LogP contribution in [0.15, 0.2) is 34.7 Å². The highest BCUT2D eigenvalue weighted by Gasteiger charge is 2.15. The van der Waals surface area contributed by atoms with Crippen LogP contribution in [0, 0.1) is 6.92 Å². The molecule has 25 heavy (non-hydrogen) atoms. The number of fused-ring (bicyclic) bond motifs is 1. The highest BCUT2D eigenvalue weighted by Crippen LogP contribution is 2.24. The number of likely N-dealkylation sites (N-methyl/N-ethyl adjacent to an activating group) is 1. The molecule has 1 amide bonds. The van der Waals surface area contributed by atoms with Crippen LogP contribution in [-0.4, -0.2) is 24.4 Å². The van der Waals surface area contributed by atoms with Gasteiger partial charge in [0, 0.05) is 0 Å². The molecule has 1 aliphatic carbocycles. The molecule has 1 atom stereocenters. The summed E-state index contributed by atoms with van der Waals surface area (Å²) in [4.78, 5) is 14.3. The molecular formula is C21H28N2O2. The smallest absolute Gasteiger partial charge is 0.234 e. The van der Waals surface area contributed by atoms with E-state index < -0.39 is 0 Å². The summed E-state index contributed by atoms with van der Waals surface area (Å²) < 4.78 is 5.57. The monoisotopic (exact) mass is 340 g/mol. The SMILES string of the molecule is Cc1ccc(CN(C)CC(=O)N[C@H](C)c2ccc3c(c2)CCCC3)o1. The van der Waals surface area contributed by atoms with Gasteiger partial charge in [-0.05, 0) is 75.4 Å². The number of hydrogen-bond acceptors (Lipinski definition) is 3. The lowest BCUT2D eigenvalue weighted by atomic mass is 9.89. The molecule has 0 radical (unpaired) electrons. The van der Waals surface area contributed by atoms with Crippen LogP contribution in [0.1, 0.15) is 54.0 Å². The van der Waals surface area contributed by atoms with Crippen molar-refractivity contribution >= 4 is 5.91 Å². The molecule has 0 bridgehead atoms. The van der Waals surface area contributed by atoms with Crippen LogP contribution in [-0.2, 0) is 24.2 Å². The number of benzene rings is 1. The molecule has 0 fully saturated rings. The molecular weight excluding hydrogens is 312 g/mol. The van der Waals surface area contributed by atoms with E-state index in [1.165, 1.54) is 36.0 Å². The van der Waals surface area contributed by atoms with Gasteiger partial charge in [-0.2, -0.15) is 0 Å². The number of rotatable bonds is 6. The molecule has 0 spiro atoms. The summed E-state index contributed by atoms with van der Waals surface area (Å²) in [5.41, 5.74) is 4.12. The van der Waals surface area contributed by atoms with Crippen LogP contribution < -0.4 is 5.32 Å². The Bertz CT molecular complexity index is 735. The van der Waals surface area contributed by atoms with Crippen molar-refractivity contribution in [2.24, 2.45) is 0 Å². The first-order valence-corrected chi connectivity index (χ1v) is 9.16. The fraction of sp³-hybridized carbons (Fsp3) is 0.476. The Labute approximate surface area is 150 Å². The molecule has 4 nitrogen and oxygen atoms in total. The summed E-state index contributed by atoms with van der Waals surface area (Å²) in [6, 6.07) is 10.6. The number of nitrogens with zero attached hydrogens (tertiary/aromatic N) is 1. The molecule has 4 heteroatoms. The predicted molar refractivity (Wildman–Crippen MR) is 99.4 cm³/mol. The van der Waals surface area contributed by atoms with Gasteiger partial charge in [-0.25, -0.2) is 0 Å². The zero-order valence-electron chi connectivity index (χ0n) is 15.5. The van der Waals surface area contributed by atoms with E-state index in [2.05, 4.69) is 30.4 Å². The number of amides is 1. The summed E-state index contributed by atoms with van der Waals surface area (Å²) in [6.45, 7) is 4.97. The van der Waals surface area contributed by atoms with Crippen molar-refractivity contribution in [3.63, 3.8) is 0 Å². The lowest BCUT2D eigenvalue weighted by Gasteiger charge is -2.21. The Hall–Kier alpha value is -2.07. The van der Waals surface area contributed by atoms with Crippen molar-refractivity contribution in [3.05, 3.63) is 58.5 Å². The van der Waals surface area contributed by atoms with Crippen molar-refractivity contribution in [2.75, 3.05) is 13.6 Å². The highest BCUT2D eigenvalue weighted by atomic mass is 16.3. The van der Waals surface area contributed by atoms with Crippen molar-refractivity contribution < 1.29 is 9.21 Å². The van der Waals surface area contributed by atoms with Gasteiger partial charge >= 0.3 is 0 Å². The zero-order valence-corrected chi connectivity index (χ0v) is 15.5. The van der Waals surface area contributed by atoms with Crippen LogP contribution >= 0.6 is 0 Å². The average Bonchev–Trinajstić information content (AvgIpc) is 2.98. The number of hydrogen-bond donors (Lipinski definition) is 1. The van der Waals surface area contributed by atoms with Gasteiger partial charge in [0.1, 0.15) is 11.5 Å². The third kappa shape index (κ3) is 4.73. The van der Waals surface area contributed by atoms with E-state index in [4.69, 9.17) is 4.42 Å². The molecule has 1 aliphatic rings. The second kappa shape index (κ2) is 7.87. The summed E-state index contributed by atoms with van der Waals surface area (Å²) >= 11 is 0. The fourth-order valence-electron chi connectivity index (χ4n) is 3.53. The van der Waals surface area contributed by atoms with E-state index in [1.54, 1.807) is 0 Å². The summed E-state index contributed by atoms with van der Waals surface area (Å²) in [6.07, 6.45) is 4.91. The molecule has 1 N–H and O–H groups in total. The van der Waals surface area contributed by atoms with Gasteiger partial charge in [0.05, 0.1) is 19.1 Å². The standard InChI is InChI=1S/C21H28N2O2/c1-15-8-11-20(25-15)13-23(3)14-21(24)22-16(2)18-10-9-17-6-4-5-7-19(17)12-18/h8-12,16H,4-7,13-14H2,1-3H3,(H,22,24)/t16-/m1/s1. The van der Waals surface area contributed by atoms with Crippen LogP contribution in [0.2, 0.25) is 0 Å². The number of carbonyl (C=O) groups is 1. The third-order valence-corrected chi connectivity index (χ3v) is 4.89. The highest BCUT2D eigenvalue weighted by molar-refractivity contribution is 5.78.